The first-order valence-electron chi connectivity index (χ1n) is 6.41. The van der Waals surface area contributed by atoms with E-state index in [4.69, 9.17) is 5.73 Å². The largest absolute Gasteiger partial charge is 0.471 e. The number of benzene rings is 2. The number of nitrogen functional groups attached to an aromatic ring is 1. The Bertz CT molecular complexity index is 727. The first-order valence-corrected chi connectivity index (χ1v) is 6.41. The molecule has 2 aromatic rings. The summed E-state index contributed by atoms with van der Waals surface area (Å²) in [5.74, 6) is -2.54. The molecule has 0 aliphatic carbocycles. The van der Waals surface area contributed by atoms with Crippen LogP contribution in [0.25, 0.3) is 0 Å². The third kappa shape index (κ3) is 4.47. The van der Waals surface area contributed by atoms with Crippen molar-refractivity contribution in [3.63, 3.8) is 0 Å². The van der Waals surface area contributed by atoms with Gasteiger partial charge in [-0.25, -0.2) is 0 Å². The molecule has 4 N–H and O–H groups in total. The van der Waals surface area contributed by atoms with Crippen molar-refractivity contribution in [1.82, 2.24) is 0 Å². The van der Waals surface area contributed by atoms with E-state index in [0.29, 0.717) is 11.3 Å². The molecule has 0 aliphatic heterocycles. The third-order valence-electron chi connectivity index (χ3n) is 2.81. The van der Waals surface area contributed by atoms with Crippen LogP contribution in [0.2, 0.25) is 0 Å². The van der Waals surface area contributed by atoms with E-state index in [1.807, 2.05) is 0 Å². The molecule has 0 saturated carbocycles. The maximum Gasteiger partial charge on any atom is 0.471 e. The molecule has 0 bridgehead atoms. The molecule has 0 saturated heterocycles. The molecule has 0 fully saturated rings. The Kier molecular flexibility index (Phi) is 4.54. The Hall–Kier alpha value is -3.03. The fourth-order valence-electron chi connectivity index (χ4n) is 1.71. The van der Waals surface area contributed by atoms with Crippen LogP contribution in [0.3, 0.4) is 0 Å². The molecule has 0 atom stereocenters. The van der Waals surface area contributed by atoms with Crippen molar-refractivity contribution in [2.24, 2.45) is 0 Å². The molecule has 0 heterocycles. The van der Waals surface area contributed by atoms with Gasteiger partial charge in [0.15, 0.2) is 0 Å². The van der Waals surface area contributed by atoms with Crippen LogP contribution >= 0.6 is 0 Å². The number of carbonyl (C=O) groups is 2. The van der Waals surface area contributed by atoms with Crippen molar-refractivity contribution < 1.29 is 22.8 Å². The number of hydrogen-bond donors (Lipinski definition) is 3. The van der Waals surface area contributed by atoms with Crippen LogP contribution in [-0.2, 0) is 4.79 Å². The highest BCUT2D eigenvalue weighted by molar-refractivity contribution is 6.05. The van der Waals surface area contributed by atoms with E-state index in [9.17, 15) is 22.8 Å². The van der Waals surface area contributed by atoms with Crippen molar-refractivity contribution in [3.05, 3.63) is 54.1 Å². The number of halogens is 3. The molecule has 0 aromatic heterocycles. The van der Waals surface area contributed by atoms with E-state index in [1.54, 1.807) is 17.4 Å². The molecular weight excluding hydrogens is 311 g/mol. The topological polar surface area (TPSA) is 84.2 Å². The Morgan fingerprint density at radius 1 is 0.913 bits per heavy atom. The fraction of sp³-hybridized carbons (Fsp3) is 0.0667. The number of rotatable bonds is 3. The van der Waals surface area contributed by atoms with E-state index in [0.717, 1.165) is 0 Å². The summed E-state index contributed by atoms with van der Waals surface area (Å²) in [7, 11) is 0. The quantitative estimate of drug-likeness (QED) is 0.759. The zero-order valence-corrected chi connectivity index (χ0v) is 11.6. The molecule has 120 valence electrons. The number of amides is 2. The minimum atomic E-state index is -4.98. The van der Waals surface area contributed by atoms with Crippen molar-refractivity contribution in [1.29, 1.82) is 0 Å². The predicted molar refractivity (Wildman–Crippen MR) is 79.9 cm³/mol. The Balaban J connectivity index is 2.09. The molecule has 2 aromatic carbocycles. The Morgan fingerprint density at radius 3 is 2.04 bits per heavy atom. The Labute approximate surface area is 129 Å². The second kappa shape index (κ2) is 6.39. The third-order valence-corrected chi connectivity index (χ3v) is 2.81. The lowest BCUT2D eigenvalue weighted by molar-refractivity contribution is -0.167. The molecule has 0 unspecified atom stereocenters. The maximum absolute atomic E-state index is 12.2. The summed E-state index contributed by atoms with van der Waals surface area (Å²) < 4.78 is 36.6. The van der Waals surface area contributed by atoms with Crippen LogP contribution in [0, 0.1) is 0 Å². The van der Waals surface area contributed by atoms with E-state index >= 15 is 0 Å². The van der Waals surface area contributed by atoms with Crippen LogP contribution < -0.4 is 16.4 Å². The molecule has 2 rings (SSSR count). The van der Waals surface area contributed by atoms with E-state index < -0.39 is 18.0 Å². The number of nitrogens with two attached hydrogens (primary N) is 1. The molecular formula is C15H12F3N3O2. The molecule has 5 nitrogen and oxygen atoms in total. The van der Waals surface area contributed by atoms with Gasteiger partial charge in [0.1, 0.15) is 0 Å². The van der Waals surface area contributed by atoms with Gasteiger partial charge in [-0.1, -0.05) is 6.07 Å². The van der Waals surface area contributed by atoms with Gasteiger partial charge in [0.2, 0.25) is 0 Å². The summed E-state index contributed by atoms with van der Waals surface area (Å²) in [5.41, 5.74) is 6.51. The van der Waals surface area contributed by atoms with Crippen LogP contribution in [0.15, 0.2) is 48.5 Å². The lowest BCUT2D eigenvalue weighted by atomic mass is 10.2. The van der Waals surface area contributed by atoms with Crippen LogP contribution in [0.5, 0.6) is 0 Å². The number of hydrogen-bond acceptors (Lipinski definition) is 3. The fourth-order valence-corrected chi connectivity index (χ4v) is 1.71. The van der Waals surface area contributed by atoms with E-state index in [2.05, 4.69) is 5.32 Å². The van der Waals surface area contributed by atoms with Crippen molar-refractivity contribution >= 4 is 28.9 Å². The summed E-state index contributed by atoms with van der Waals surface area (Å²) in [6.45, 7) is 0. The summed E-state index contributed by atoms with van der Waals surface area (Å²) in [6.07, 6.45) is -4.98. The summed E-state index contributed by atoms with van der Waals surface area (Å²) >= 11 is 0. The van der Waals surface area contributed by atoms with Crippen LogP contribution in [0.4, 0.5) is 30.2 Å². The van der Waals surface area contributed by atoms with Crippen LogP contribution in [0.1, 0.15) is 10.4 Å². The second-order valence-corrected chi connectivity index (χ2v) is 4.61. The summed E-state index contributed by atoms with van der Waals surface area (Å²) in [5, 5.41) is 4.23. The van der Waals surface area contributed by atoms with Crippen molar-refractivity contribution in [2.75, 3.05) is 16.4 Å². The van der Waals surface area contributed by atoms with Gasteiger partial charge in [-0.2, -0.15) is 13.2 Å². The standard InChI is InChI=1S/C15H12F3N3O2/c16-15(17,18)14(23)21-12-3-1-2-11(8-12)20-13(22)9-4-6-10(19)7-5-9/h1-8H,19H2,(H,20,22)(H,21,23). The van der Waals surface area contributed by atoms with Gasteiger partial charge >= 0.3 is 12.1 Å². The highest BCUT2D eigenvalue weighted by Crippen LogP contribution is 2.21. The van der Waals surface area contributed by atoms with Gasteiger partial charge in [0.05, 0.1) is 0 Å². The molecule has 23 heavy (non-hydrogen) atoms. The molecule has 8 heteroatoms. The SMILES string of the molecule is Nc1ccc(C(=O)Nc2cccc(NC(=O)C(F)(F)F)c2)cc1. The van der Waals surface area contributed by atoms with Gasteiger partial charge in [-0.15, -0.1) is 0 Å². The average Bonchev–Trinajstić information content (AvgIpc) is 2.47. The number of carbonyl (C=O) groups excluding carboxylic acids is 2. The van der Waals surface area contributed by atoms with Crippen molar-refractivity contribution in [3.8, 4) is 0 Å². The van der Waals surface area contributed by atoms with Gasteiger partial charge < -0.3 is 16.4 Å². The molecule has 0 aliphatic rings. The average molecular weight is 323 g/mol. The van der Waals surface area contributed by atoms with E-state index in [1.165, 1.54) is 36.4 Å². The number of nitrogens with one attached hydrogen (secondary N) is 2. The lowest BCUT2D eigenvalue weighted by Crippen LogP contribution is -2.29. The number of anilines is 3. The first kappa shape index (κ1) is 16.3. The first-order chi connectivity index (χ1) is 10.8. The predicted octanol–water partition coefficient (Wildman–Crippen LogP) is 3.02. The van der Waals surface area contributed by atoms with Gasteiger partial charge in [-0.05, 0) is 42.5 Å². The molecule has 0 spiro atoms. The van der Waals surface area contributed by atoms with Gasteiger partial charge in [0.25, 0.3) is 5.91 Å². The lowest BCUT2D eigenvalue weighted by Gasteiger charge is -2.10. The number of alkyl halides is 3. The highest BCUT2D eigenvalue weighted by Gasteiger charge is 2.38. The zero-order chi connectivity index (χ0) is 17.0. The minimum absolute atomic E-state index is 0.0811. The van der Waals surface area contributed by atoms with Crippen LogP contribution in [-0.4, -0.2) is 18.0 Å². The van der Waals surface area contributed by atoms with Crippen molar-refractivity contribution in [2.45, 2.75) is 6.18 Å². The smallest absolute Gasteiger partial charge is 0.399 e. The molecule has 2 amide bonds. The summed E-state index contributed by atoms with van der Waals surface area (Å²) in [4.78, 5) is 22.9. The minimum Gasteiger partial charge on any atom is -0.399 e. The Morgan fingerprint density at radius 2 is 1.48 bits per heavy atom. The monoisotopic (exact) mass is 323 g/mol. The van der Waals surface area contributed by atoms with Gasteiger partial charge in [0, 0.05) is 22.6 Å². The highest BCUT2D eigenvalue weighted by atomic mass is 19.4. The zero-order valence-electron chi connectivity index (χ0n) is 11.6. The second-order valence-electron chi connectivity index (χ2n) is 4.61. The maximum atomic E-state index is 12.2. The molecule has 0 radical (unpaired) electrons. The summed E-state index contributed by atoms with van der Waals surface area (Å²) in [6, 6.07) is 11.5. The normalized spacial score (nSPS) is 10.9. The van der Waals surface area contributed by atoms with Gasteiger partial charge in [-0.3, -0.25) is 9.59 Å². The van der Waals surface area contributed by atoms with E-state index in [-0.39, 0.29) is 11.4 Å².